The Morgan fingerprint density at radius 3 is 2.75 bits per heavy atom. The van der Waals surface area contributed by atoms with Crippen LogP contribution in [-0.2, 0) is 6.61 Å². The average Bonchev–Trinajstić information content (AvgIpc) is 2.89. The van der Waals surface area contributed by atoms with Gasteiger partial charge in [-0.15, -0.1) is 0 Å². The first-order valence-electron chi connectivity index (χ1n) is 6.22. The molecule has 0 atom stereocenters. The maximum Gasteiger partial charge on any atom is 0.257 e. The van der Waals surface area contributed by atoms with E-state index in [1.807, 2.05) is 6.07 Å². The number of hydrogen-bond acceptors (Lipinski definition) is 3. The quantitative estimate of drug-likeness (QED) is 0.681. The standard InChI is InChI=1S/C15H13N3O2/c19-9-10-6-7-12-13(8-10)17-15(16-12)18-14(20)11-4-2-1-3-5-11/h1-8,19H,9H2,(H2,16,17,18,20). The molecule has 0 bridgehead atoms. The monoisotopic (exact) mass is 267 g/mol. The number of fused-ring (bicyclic) bond motifs is 1. The molecule has 0 aliphatic rings. The molecule has 0 fully saturated rings. The van der Waals surface area contributed by atoms with Crippen LogP contribution >= 0.6 is 0 Å². The second-order valence-electron chi connectivity index (χ2n) is 4.42. The summed E-state index contributed by atoms with van der Waals surface area (Å²) in [4.78, 5) is 19.3. The predicted octanol–water partition coefficient (Wildman–Crippen LogP) is 2.31. The molecular weight excluding hydrogens is 254 g/mol. The summed E-state index contributed by atoms with van der Waals surface area (Å²) in [6.45, 7) is -0.0271. The van der Waals surface area contributed by atoms with Gasteiger partial charge < -0.3 is 10.1 Å². The minimum atomic E-state index is -0.216. The van der Waals surface area contributed by atoms with Crippen molar-refractivity contribution in [1.82, 2.24) is 9.97 Å². The second-order valence-corrected chi connectivity index (χ2v) is 4.42. The van der Waals surface area contributed by atoms with Crippen LogP contribution in [0.1, 0.15) is 15.9 Å². The van der Waals surface area contributed by atoms with Crippen molar-refractivity contribution in [2.75, 3.05) is 5.32 Å². The summed E-state index contributed by atoms with van der Waals surface area (Å²) < 4.78 is 0. The van der Waals surface area contributed by atoms with Gasteiger partial charge in [-0.1, -0.05) is 24.3 Å². The Morgan fingerprint density at radius 1 is 1.20 bits per heavy atom. The number of rotatable bonds is 3. The number of nitrogens with one attached hydrogen (secondary N) is 2. The van der Waals surface area contributed by atoms with Gasteiger partial charge in [-0.05, 0) is 29.8 Å². The molecule has 3 rings (SSSR count). The minimum absolute atomic E-state index is 0.0271. The number of aromatic nitrogens is 2. The van der Waals surface area contributed by atoms with Crippen molar-refractivity contribution >= 4 is 22.9 Å². The van der Waals surface area contributed by atoms with Crippen LogP contribution in [0.4, 0.5) is 5.95 Å². The van der Waals surface area contributed by atoms with Crippen molar-refractivity contribution in [3.8, 4) is 0 Å². The van der Waals surface area contributed by atoms with Crippen molar-refractivity contribution < 1.29 is 9.90 Å². The molecule has 0 saturated carbocycles. The lowest BCUT2D eigenvalue weighted by molar-refractivity contribution is 0.102. The van der Waals surface area contributed by atoms with E-state index in [1.54, 1.807) is 42.5 Å². The molecule has 1 aromatic heterocycles. The van der Waals surface area contributed by atoms with Gasteiger partial charge in [0.15, 0.2) is 0 Å². The van der Waals surface area contributed by atoms with E-state index < -0.39 is 0 Å². The van der Waals surface area contributed by atoms with E-state index in [2.05, 4.69) is 15.3 Å². The van der Waals surface area contributed by atoms with Crippen molar-refractivity contribution in [2.24, 2.45) is 0 Å². The van der Waals surface area contributed by atoms with Crippen LogP contribution in [-0.4, -0.2) is 21.0 Å². The topological polar surface area (TPSA) is 78.0 Å². The third kappa shape index (κ3) is 2.39. The van der Waals surface area contributed by atoms with Crippen molar-refractivity contribution in [3.63, 3.8) is 0 Å². The Balaban J connectivity index is 1.86. The first-order chi connectivity index (χ1) is 9.76. The zero-order valence-corrected chi connectivity index (χ0v) is 10.6. The number of benzene rings is 2. The van der Waals surface area contributed by atoms with Gasteiger partial charge in [0.1, 0.15) is 0 Å². The maximum absolute atomic E-state index is 12.0. The SMILES string of the molecule is O=C(Nc1nc2ccc(CO)cc2[nH]1)c1ccccc1. The maximum atomic E-state index is 12.0. The molecular formula is C15H13N3O2. The molecule has 0 unspecified atom stereocenters. The highest BCUT2D eigenvalue weighted by Gasteiger charge is 2.09. The molecule has 20 heavy (non-hydrogen) atoms. The number of anilines is 1. The van der Waals surface area contributed by atoms with Crippen molar-refractivity contribution in [2.45, 2.75) is 6.61 Å². The molecule has 3 aromatic rings. The number of nitrogens with zero attached hydrogens (tertiary/aromatic N) is 1. The molecule has 0 saturated heterocycles. The highest BCUT2D eigenvalue weighted by molar-refractivity contribution is 6.03. The van der Waals surface area contributed by atoms with Gasteiger partial charge >= 0.3 is 0 Å². The Morgan fingerprint density at radius 2 is 2.00 bits per heavy atom. The molecule has 0 spiro atoms. The van der Waals surface area contributed by atoms with Crippen molar-refractivity contribution in [1.29, 1.82) is 0 Å². The van der Waals surface area contributed by atoms with E-state index in [9.17, 15) is 4.79 Å². The third-order valence-electron chi connectivity index (χ3n) is 3.00. The number of aliphatic hydroxyl groups is 1. The van der Waals surface area contributed by atoms with Gasteiger partial charge in [0.05, 0.1) is 17.6 Å². The van der Waals surface area contributed by atoms with Crippen molar-refractivity contribution in [3.05, 3.63) is 59.7 Å². The van der Waals surface area contributed by atoms with E-state index in [4.69, 9.17) is 5.11 Å². The number of aromatic amines is 1. The van der Waals surface area contributed by atoms with Gasteiger partial charge in [0.2, 0.25) is 5.95 Å². The molecule has 0 radical (unpaired) electrons. The van der Waals surface area contributed by atoms with Crippen LogP contribution in [0.5, 0.6) is 0 Å². The van der Waals surface area contributed by atoms with Gasteiger partial charge in [-0.2, -0.15) is 0 Å². The normalized spacial score (nSPS) is 10.7. The van der Waals surface area contributed by atoms with Gasteiger partial charge in [0.25, 0.3) is 5.91 Å². The fraction of sp³-hybridized carbons (Fsp3) is 0.0667. The Bertz CT molecular complexity index is 750. The summed E-state index contributed by atoms with van der Waals surface area (Å²) in [6.07, 6.45) is 0. The first-order valence-corrected chi connectivity index (χ1v) is 6.22. The molecule has 100 valence electrons. The van der Waals surface area contributed by atoms with Gasteiger partial charge in [-0.25, -0.2) is 4.98 Å². The molecule has 5 nitrogen and oxygen atoms in total. The fourth-order valence-corrected chi connectivity index (χ4v) is 1.98. The van der Waals surface area contributed by atoms with E-state index in [0.29, 0.717) is 11.5 Å². The summed E-state index contributed by atoms with van der Waals surface area (Å²) in [7, 11) is 0. The lowest BCUT2D eigenvalue weighted by Crippen LogP contribution is -2.12. The zero-order valence-electron chi connectivity index (χ0n) is 10.6. The predicted molar refractivity (Wildman–Crippen MR) is 76.4 cm³/mol. The van der Waals surface area contributed by atoms with Crippen LogP contribution in [0.15, 0.2) is 48.5 Å². The van der Waals surface area contributed by atoms with Crippen LogP contribution in [0.2, 0.25) is 0 Å². The largest absolute Gasteiger partial charge is 0.392 e. The van der Waals surface area contributed by atoms with Crippen LogP contribution < -0.4 is 5.32 Å². The van der Waals surface area contributed by atoms with Crippen LogP contribution in [0, 0.1) is 0 Å². The molecule has 3 N–H and O–H groups in total. The summed E-state index contributed by atoms with van der Waals surface area (Å²) in [5.41, 5.74) is 2.89. The lowest BCUT2D eigenvalue weighted by Gasteiger charge is -2.00. The first kappa shape index (κ1) is 12.4. The van der Waals surface area contributed by atoms with Crippen LogP contribution in [0.3, 0.4) is 0 Å². The van der Waals surface area contributed by atoms with E-state index in [1.165, 1.54) is 0 Å². The zero-order chi connectivity index (χ0) is 13.9. The minimum Gasteiger partial charge on any atom is -0.392 e. The summed E-state index contributed by atoms with van der Waals surface area (Å²) in [5.74, 6) is 0.177. The van der Waals surface area contributed by atoms with E-state index in [-0.39, 0.29) is 12.5 Å². The number of amides is 1. The number of imidazole rings is 1. The molecule has 5 heteroatoms. The third-order valence-corrected chi connectivity index (χ3v) is 3.00. The van der Waals surface area contributed by atoms with E-state index >= 15 is 0 Å². The average molecular weight is 267 g/mol. The highest BCUT2D eigenvalue weighted by atomic mass is 16.3. The molecule has 0 aliphatic heterocycles. The van der Waals surface area contributed by atoms with E-state index in [0.717, 1.165) is 16.6 Å². The lowest BCUT2D eigenvalue weighted by atomic mass is 10.2. The Labute approximate surface area is 115 Å². The molecule has 1 heterocycles. The van der Waals surface area contributed by atoms with Crippen LogP contribution in [0.25, 0.3) is 11.0 Å². The van der Waals surface area contributed by atoms with Gasteiger partial charge in [-0.3, -0.25) is 10.1 Å². The molecule has 1 amide bonds. The Kier molecular flexibility index (Phi) is 3.18. The highest BCUT2D eigenvalue weighted by Crippen LogP contribution is 2.16. The number of carbonyl (C=O) groups is 1. The smallest absolute Gasteiger partial charge is 0.257 e. The molecule has 0 aliphatic carbocycles. The Hall–Kier alpha value is -2.66. The summed E-state index contributed by atoms with van der Waals surface area (Å²) in [5, 5.41) is 11.8. The summed E-state index contributed by atoms with van der Waals surface area (Å²) >= 11 is 0. The number of H-pyrrole nitrogens is 1. The summed E-state index contributed by atoms with van der Waals surface area (Å²) in [6, 6.07) is 14.3. The number of carbonyl (C=O) groups excluding carboxylic acids is 1. The number of hydrogen-bond donors (Lipinski definition) is 3. The van der Waals surface area contributed by atoms with Gasteiger partial charge in [0, 0.05) is 5.56 Å². The second kappa shape index (κ2) is 5.14. The number of aliphatic hydroxyl groups excluding tert-OH is 1. The molecule has 2 aromatic carbocycles. The fourth-order valence-electron chi connectivity index (χ4n) is 1.98.